The standard InChI is InChI=1S/C13H25NO3S/c1-5-7-13(4,12(16)17)14-11(15)9-18-8-6-10(2)3/h10H,5-9H2,1-4H3,(H,14,15)(H,16,17). The van der Waals surface area contributed by atoms with E-state index in [2.05, 4.69) is 19.2 Å². The number of carbonyl (C=O) groups excluding carboxylic acids is 1. The number of carboxylic acid groups (broad SMARTS) is 1. The maximum absolute atomic E-state index is 11.7. The van der Waals surface area contributed by atoms with E-state index in [0.717, 1.165) is 18.6 Å². The summed E-state index contributed by atoms with van der Waals surface area (Å²) >= 11 is 1.56. The minimum atomic E-state index is -1.13. The van der Waals surface area contributed by atoms with E-state index in [-0.39, 0.29) is 5.91 Å². The summed E-state index contributed by atoms with van der Waals surface area (Å²) in [5.74, 6) is 0.735. The number of hydrogen-bond donors (Lipinski definition) is 2. The molecule has 0 aromatic heterocycles. The molecule has 106 valence electrons. The molecule has 0 bridgehead atoms. The van der Waals surface area contributed by atoms with Gasteiger partial charge in [-0.1, -0.05) is 27.2 Å². The van der Waals surface area contributed by atoms with Crippen molar-refractivity contribution in [2.45, 2.75) is 52.5 Å². The highest BCUT2D eigenvalue weighted by atomic mass is 32.2. The van der Waals surface area contributed by atoms with Crippen molar-refractivity contribution < 1.29 is 14.7 Å². The fourth-order valence-electron chi connectivity index (χ4n) is 1.55. The molecule has 0 aromatic carbocycles. The topological polar surface area (TPSA) is 66.4 Å². The predicted molar refractivity (Wildman–Crippen MR) is 75.9 cm³/mol. The quantitative estimate of drug-likeness (QED) is 0.635. The van der Waals surface area contributed by atoms with Crippen molar-refractivity contribution in [1.29, 1.82) is 0 Å². The lowest BCUT2D eigenvalue weighted by molar-refractivity contribution is -0.146. The molecule has 0 spiro atoms. The number of hydrogen-bond acceptors (Lipinski definition) is 3. The van der Waals surface area contributed by atoms with Crippen LogP contribution in [0.3, 0.4) is 0 Å². The molecule has 0 aromatic rings. The second kappa shape index (κ2) is 8.40. The second-order valence-corrected chi connectivity index (χ2v) is 6.28. The molecule has 0 fully saturated rings. The van der Waals surface area contributed by atoms with Gasteiger partial charge in [0.1, 0.15) is 5.54 Å². The van der Waals surface area contributed by atoms with Crippen LogP contribution in [0, 0.1) is 5.92 Å². The van der Waals surface area contributed by atoms with Gasteiger partial charge in [-0.25, -0.2) is 4.79 Å². The van der Waals surface area contributed by atoms with E-state index in [1.165, 1.54) is 0 Å². The van der Waals surface area contributed by atoms with Crippen LogP contribution in [0.2, 0.25) is 0 Å². The molecule has 0 radical (unpaired) electrons. The highest BCUT2D eigenvalue weighted by molar-refractivity contribution is 7.99. The second-order valence-electron chi connectivity index (χ2n) is 5.17. The number of carbonyl (C=O) groups is 2. The van der Waals surface area contributed by atoms with Crippen LogP contribution in [0.5, 0.6) is 0 Å². The smallest absolute Gasteiger partial charge is 0.329 e. The third-order valence-corrected chi connectivity index (χ3v) is 3.70. The van der Waals surface area contributed by atoms with Gasteiger partial charge in [-0.3, -0.25) is 4.79 Å². The van der Waals surface area contributed by atoms with Crippen LogP contribution in [0.15, 0.2) is 0 Å². The molecule has 1 unspecified atom stereocenters. The molecular formula is C13H25NO3S. The van der Waals surface area contributed by atoms with E-state index in [4.69, 9.17) is 5.11 Å². The van der Waals surface area contributed by atoms with Crippen molar-refractivity contribution in [2.24, 2.45) is 5.92 Å². The molecule has 0 saturated heterocycles. The van der Waals surface area contributed by atoms with E-state index in [1.807, 2.05) is 6.92 Å². The van der Waals surface area contributed by atoms with Crippen molar-refractivity contribution in [3.05, 3.63) is 0 Å². The van der Waals surface area contributed by atoms with Crippen molar-refractivity contribution in [3.8, 4) is 0 Å². The van der Waals surface area contributed by atoms with Gasteiger partial charge < -0.3 is 10.4 Å². The zero-order valence-electron chi connectivity index (χ0n) is 11.8. The van der Waals surface area contributed by atoms with Crippen LogP contribution in [-0.4, -0.2) is 34.0 Å². The van der Waals surface area contributed by atoms with Crippen molar-refractivity contribution in [1.82, 2.24) is 5.32 Å². The summed E-state index contributed by atoms with van der Waals surface area (Å²) in [4.78, 5) is 22.8. The number of amides is 1. The molecular weight excluding hydrogens is 250 g/mol. The molecule has 0 aliphatic heterocycles. The molecule has 4 nitrogen and oxygen atoms in total. The summed E-state index contributed by atoms with van der Waals surface area (Å²) in [5, 5.41) is 11.8. The monoisotopic (exact) mass is 275 g/mol. The Morgan fingerprint density at radius 3 is 2.44 bits per heavy atom. The van der Waals surface area contributed by atoms with E-state index < -0.39 is 11.5 Å². The highest BCUT2D eigenvalue weighted by Crippen LogP contribution is 2.14. The molecule has 2 N–H and O–H groups in total. The number of carboxylic acids is 1. The third-order valence-electron chi connectivity index (χ3n) is 2.71. The lowest BCUT2D eigenvalue weighted by Gasteiger charge is -2.25. The Morgan fingerprint density at radius 1 is 1.39 bits per heavy atom. The van der Waals surface area contributed by atoms with Crippen LogP contribution in [0.1, 0.15) is 47.0 Å². The first-order valence-corrected chi connectivity index (χ1v) is 7.59. The third kappa shape index (κ3) is 6.89. The average Bonchev–Trinajstić information content (AvgIpc) is 2.24. The number of aliphatic carboxylic acids is 1. The van der Waals surface area contributed by atoms with Crippen molar-refractivity contribution in [2.75, 3.05) is 11.5 Å². The van der Waals surface area contributed by atoms with Gasteiger partial charge in [-0.15, -0.1) is 0 Å². The molecule has 5 heteroatoms. The molecule has 0 aliphatic rings. The summed E-state index contributed by atoms with van der Waals surface area (Å²) in [6.07, 6.45) is 2.25. The van der Waals surface area contributed by atoms with E-state index in [0.29, 0.717) is 18.1 Å². The zero-order valence-corrected chi connectivity index (χ0v) is 12.6. The van der Waals surface area contributed by atoms with E-state index in [9.17, 15) is 9.59 Å². The summed E-state index contributed by atoms with van der Waals surface area (Å²) < 4.78 is 0. The highest BCUT2D eigenvalue weighted by Gasteiger charge is 2.33. The molecule has 1 amide bonds. The largest absolute Gasteiger partial charge is 0.480 e. The molecule has 1 atom stereocenters. The van der Waals surface area contributed by atoms with Gasteiger partial charge in [-0.2, -0.15) is 11.8 Å². The first-order chi connectivity index (χ1) is 8.31. The van der Waals surface area contributed by atoms with Crippen LogP contribution in [-0.2, 0) is 9.59 Å². The summed E-state index contributed by atoms with van der Waals surface area (Å²) in [7, 11) is 0. The van der Waals surface area contributed by atoms with Gasteiger partial charge >= 0.3 is 5.97 Å². The number of rotatable bonds is 9. The first kappa shape index (κ1) is 17.3. The summed E-state index contributed by atoms with van der Waals surface area (Å²) in [6, 6.07) is 0. The lowest BCUT2D eigenvalue weighted by Crippen LogP contribution is -2.52. The van der Waals surface area contributed by atoms with Crippen molar-refractivity contribution >= 4 is 23.6 Å². The van der Waals surface area contributed by atoms with Crippen LogP contribution in [0.25, 0.3) is 0 Å². The van der Waals surface area contributed by atoms with Crippen LogP contribution < -0.4 is 5.32 Å². The van der Waals surface area contributed by atoms with Crippen LogP contribution in [0.4, 0.5) is 0 Å². The van der Waals surface area contributed by atoms with E-state index >= 15 is 0 Å². The summed E-state index contributed by atoms with van der Waals surface area (Å²) in [5.41, 5.74) is -1.13. The van der Waals surface area contributed by atoms with Gasteiger partial charge in [0.25, 0.3) is 0 Å². The average molecular weight is 275 g/mol. The Bertz CT molecular complexity index is 281. The molecule has 0 aliphatic carbocycles. The molecule has 0 saturated carbocycles. The van der Waals surface area contributed by atoms with Gasteiger partial charge in [0.15, 0.2) is 0 Å². The SMILES string of the molecule is CCCC(C)(NC(=O)CSCCC(C)C)C(=O)O. The Morgan fingerprint density at radius 2 is 2.00 bits per heavy atom. The predicted octanol–water partition coefficient (Wildman–Crippen LogP) is 2.53. The minimum Gasteiger partial charge on any atom is -0.480 e. The summed E-state index contributed by atoms with van der Waals surface area (Å²) in [6.45, 7) is 7.76. The fourth-order valence-corrected chi connectivity index (χ4v) is 2.59. The Hall–Kier alpha value is -0.710. The van der Waals surface area contributed by atoms with Gasteiger partial charge in [0, 0.05) is 0 Å². The fraction of sp³-hybridized carbons (Fsp3) is 0.846. The first-order valence-electron chi connectivity index (χ1n) is 6.44. The lowest BCUT2D eigenvalue weighted by atomic mass is 9.96. The molecule has 18 heavy (non-hydrogen) atoms. The number of thioether (sulfide) groups is 1. The molecule has 0 heterocycles. The maximum atomic E-state index is 11.7. The molecule has 0 rings (SSSR count). The Labute approximate surface area is 114 Å². The Kier molecular flexibility index (Phi) is 8.07. The van der Waals surface area contributed by atoms with Gasteiger partial charge in [0.05, 0.1) is 5.75 Å². The number of nitrogens with one attached hydrogen (secondary N) is 1. The zero-order chi connectivity index (χ0) is 14.2. The van der Waals surface area contributed by atoms with Crippen LogP contribution >= 0.6 is 11.8 Å². The van der Waals surface area contributed by atoms with Gasteiger partial charge in [0.2, 0.25) is 5.91 Å². The Balaban J connectivity index is 4.07. The minimum absolute atomic E-state index is 0.192. The normalized spacial score (nSPS) is 14.3. The van der Waals surface area contributed by atoms with Gasteiger partial charge in [-0.05, 0) is 31.4 Å². The maximum Gasteiger partial charge on any atom is 0.329 e. The van der Waals surface area contributed by atoms with Crippen molar-refractivity contribution in [3.63, 3.8) is 0 Å². The van der Waals surface area contributed by atoms with E-state index in [1.54, 1.807) is 18.7 Å².